The van der Waals surface area contributed by atoms with Crippen LogP contribution in [-0.4, -0.2) is 36.3 Å². The van der Waals surface area contributed by atoms with Crippen LogP contribution >= 0.6 is 0 Å². The summed E-state index contributed by atoms with van der Waals surface area (Å²) in [6.07, 6.45) is 3.66. The second kappa shape index (κ2) is 3.81. The molecule has 3 rings (SSSR count). The molecule has 1 aliphatic heterocycles. The number of aromatic nitrogens is 2. The van der Waals surface area contributed by atoms with Gasteiger partial charge in [-0.3, -0.25) is 0 Å². The minimum Gasteiger partial charge on any atom is -0.322 e. The molecular formula is C10H16N4O. The lowest BCUT2D eigenvalue weighted by Crippen LogP contribution is -2.43. The molecule has 1 saturated carbocycles. The van der Waals surface area contributed by atoms with E-state index in [1.807, 2.05) is 0 Å². The van der Waals surface area contributed by atoms with Crippen LogP contribution in [0, 0.1) is 5.92 Å². The first kappa shape index (κ1) is 9.15. The van der Waals surface area contributed by atoms with Gasteiger partial charge in [-0.1, -0.05) is 5.16 Å². The quantitative estimate of drug-likeness (QED) is 0.780. The first-order valence-corrected chi connectivity index (χ1v) is 5.70. The number of rotatable bonds is 3. The van der Waals surface area contributed by atoms with Gasteiger partial charge in [-0.05, 0) is 18.8 Å². The van der Waals surface area contributed by atoms with Gasteiger partial charge in [0.15, 0.2) is 5.82 Å². The lowest BCUT2D eigenvalue weighted by Gasteiger charge is -2.24. The summed E-state index contributed by atoms with van der Waals surface area (Å²) in [5.74, 6) is 1.70. The van der Waals surface area contributed by atoms with Gasteiger partial charge in [-0.15, -0.1) is 0 Å². The highest BCUT2D eigenvalue weighted by Crippen LogP contribution is 2.32. The third kappa shape index (κ3) is 2.12. The Kier molecular flexibility index (Phi) is 2.32. The summed E-state index contributed by atoms with van der Waals surface area (Å²) in [7, 11) is 0. The normalized spacial score (nSPS) is 22.0. The number of anilines is 1. The molecular weight excluding hydrogens is 192 g/mol. The molecule has 5 nitrogen and oxygen atoms in total. The summed E-state index contributed by atoms with van der Waals surface area (Å²) in [6.45, 7) is 3.93. The predicted molar refractivity (Wildman–Crippen MR) is 55.8 cm³/mol. The molecule has 1 saturated heterocycles. The van der Waals surface area contributed by atoms with Gasteiger partial charge in [-0.2, -0.15) is 4.98 Å². The van der Waals surface area contributed by atoms with Crippen molar-refractivity contribution in [2.24, 2.45) is 5.92 Å². The van der Waals surface area contributed by atoms with Crippen LogP contribution in [0.25, 0.3) is 0 Å². The summed E-state index contributed by atoms with van der Waals surface area (Å²) in [4.78, 5) is 6.59. The van der Waals surface area contributed by atoms with Gasteiger partial charge in [0.2, 0.25) is 0 Å². The first-order chi connectivity index (χ1) is 7.42. The summed E-state index contributed by atoms with van der Waals surface area (Å²) >= 11 is 0. The molecule has 1 aliphatic carbocycles. The van der Waals surface area contributed by atoms with Crippen molar-refractivity contribution in [1.82, 2.24) is 15.5 Å². The molecule has 0 radical (unpaired) electrons. The molecule has 0 spiro atoms. The van der Waals surface area contributed by atoms with Gasteiger partial charge in [0.1, 0.15) is 0 Å². The minimum atomic E-state index is 0.701. The van der Waals surface area contributed by atoms with Crippen molar-refractivity contribution in [2.45, 2.75) is 19.3 Å². The predicted octanol–water partition coefficient (Wildman–Crippen LogP) is 0.432. The van der Waals surface area contributed by atoms with Crippen LogP contribution in [0.15, 0.2) is 4.52 Å². The highest BCUT2D eigenvalue weighted by molar-refractivity contribution is 5.25. The molecule has 5 heteroatoms. The van der Waals surface area contributed by atoms with Crippen LogP contribution in [0.3, 0.4) is 0 Å². The van der Waals surface area contributed by atoms with Crippen molar-refractivity contribution in [3.05, 3.63) is 5.82 Å². The van der Waals surface area contributed by atoms with E-state index >= 15 is 0 Å². The first-order valence-electron chi connectivity index (χ1n) is 5.70. The average Bonchev–Trinajstić information content (AvgIpc) is 2.96. The molecule has 15 heavy (non-hydrogen) atoms. The lowest BCUT2D eigenvalue weighted by atomic mass is 10.3. The van der Waals surface area contributed by atoms with E-state index in [-0.39, 0.29) is 0 Å². The van der Waals surface area contributed by atoms with Gasteiger partial charge in [0, 0.05) is 32.6 Å². The van der Waals surface area contributed by atoms with E-state index in [0.717, 1.165) is 44.3 Å². The molecule has 2 aliphatic rings. The van der Waals surface area contributed by atoms with Gasteiger partial charge in [-0.25, -0.2) is 0 Å². The van der Waals surface area contributed by atoms with Crippen molar-refractivity contribution < 1.29 is 4.52 Å². The number of piperazine rings is 1. The fourth-order valence-electron chi connectivity index (χ4n) is 1.89. The second-order valence-electron chi connectivity index (χ2n) is 4.38. The number of hydrogen-bond acceptors (Lipinski definition) is 5. The maximum Gasteiger partial charge on any atom is 0.324 e. The zero-order valence-electron chi connectivity index (χ0n) is 8.78. The molecule has 82 valence electrons. The third-order valence-electron chi connectivity index (χ3n) is 3.01. The maximum atomic E-state index is 5.27. The molecule has 0 bridgehead atoms. The molecule has 1 aromatic heterocycles. The standard InChI is InChI=1S/C10H16N4O/c1-2-8(1)7-9-12-10(15-13-9)14-5-3-11-4-6-14/h8,11H,1-7H2. The Balaban J connectivity index is 1.65. The molecule has 1 N–H and O–H groups in total. The van der Waals surface area contributed by atoms with Crippen LogP contribution in [-0.2, 0) is 6.42 Å². The van der Waals surface area contributed by atoms with Crippen LogP contribution in [0.4, 0.5) is 6.01 Å². The summed E-state index contributed by atoms with van der Waals surface area (Å²) in [5, 5.41) is 7.33. The Labute approximate surface area is 88.8 Å². The Bertz CT molecular complexity index is 328. The molecule has 0 aromatic carbocycles. The number of hydrogen-bond donors (Lipinski definition) is 1. The van der Waals surface area contributed by atoms with Crippen LogP contribution in [0.5, 0.6) is 0 Å². The largest absolute Gasteiger partial charge is 0.324 e. The average molecular weight is 208 g/mol. The SMILES string of the molecule is C1CN(c2nc(CC3CC3)no2)CCN1. The highest BCUT2D eigenvalue weighted by atomic mass is 16.5. The van der Waals surface area contributed by atoms with E-state index < -0.39 is 0 Å². The van der Waals surface area contributed by atoms with Crippen molar-refractivity contribution in [3.63, 3.8) is 0 Å². The van der Waals surface area contributed by atoms with Crippen molar-refractivity contribution in [3.8, 4) is 0 Å². The van der Waals surface area contributed by atoms with E-state index in [4.69, 9.17) is 4.52 Å². The molecule has 0 amide bonds. The zero-order valence-corrected chi connectivity index (χ0v) is 8.78. The van der Waals surface area contributed by atoms with Crippen LogP contribution in [0.2, 0.25) is 0 Å². The fraction of sp³-hybridized carbons (Fsp3) is 0.800. The smallest absolute Gasteiger partial charge is 0.322 e. The second-order valence-corrected chi connectivity index (χ2v) is 4.38. The highest BCUT2D eigenvalue weighted by Gasteiger charge is 2.25. The van der Waals surface area contributed by atoms with Gasteiger partial charge >= 0.3 is 6.01 Å². The summed E-state index contributed by atoms with van der Waals surface area (Å²) in [5.41, 5.74) is 0. The van der Waals surface area contributed by atoms with Crippen LogP contribution < -0.4 is 10.2 Å². The van der Waals surface area contributed by atoms with E-state index in [0.29, 0.717) is 6.01 Å². The summed E-state index contributed by atoms with van der Waals surface area (Å²) in [6, 6.07) is 0.701. The van der Waals surface area contributed by atoms with Crippen molar-refractivity contribution in [1.29, 1.82) is 0 Å². The van der Waals surface area contributed by atoms with Gasteiger partial charge < -0.3 is 14.7 Å². The third-order valence-corrected chi connectivity index (χ3v) is 3.01. The Hall–Kier alpha value is -1.10. The van der Waals surface area contributed by atoms with Crippen LogP contribution in [0.1, 0.15) is 18.7 Å². The van der Waals surface area contributed by atoms with E-state index in [1.165, 1.54) is 12.8 Å². The zero-order chi connectivity index (χ0) is 10.1. The Morgan fingerprint density at radius 2 is 2.13 bits per heavy atom. The van der Waals surface area contributed by atoms with Crippen molar-refractivity contribution >= 4 is 6.01 Å². The van der Waals surface area contributed by atoms with E-state index in [1.54, 1.807) is 0 Å². The molecule has 0 unspecified atom stereocenters. The van der Waals surface area contributed by atoms with Gasteiger partial charge in [0.25, 0.3) is 0 Å². The Morgan fingerprint density at radius 3 is 2.87 bits per heavy atom. The maximum absolute atomic E-state index is 5.27. The minimum absolute atomic E-state index is 0.701. The monoisotopic (exact) mass is 208 g/mol. The lowest BCUT2D eigenvalue weighted by molar-refractivity contribution is 0.397. The molecule has 1 aromatic rings. The fourth-order valence-corrected chi connectivity index (χ4v) is 1.89. The number of nitrogens with zero attached hydrogens (tertiary/aromatic N) is 3. The van der Waals surface area contributed by atoms with Gasteiger partial charge in [0.05, 0.1) is 0 Å². The number of nitrogens with one attached hydrogen (secondary N) is 1. The molecule has 0 atom stereocenters. The topological polar surface area (TPSA) is 54.2 Å². The van der Waals surface area contributed by atoms with E-state index in [2.05, 4.69) is 20.4 Å². The summed E-state index contributed by atoms with van der Waals surface area (Å²) < 4.78 is 5.27. The molecule has 2 heterocycles. The van der Waals surface area contributed by atoms with Crippen molar-refractivity contribution in [2.75, 3.05) is 31.1 Å². The molecule has 2 fully saturated rings. The van der Waals surface area contributed by atoms with E-state index in [9.17, 15) is 0 Å². The Morgan fingerprint density at radius 1 is 1.33 bits per heavy atom.